The van der Waals surface area contributed by atoms with Crippen LogP contribution in [0.3, 0.4) is 0 Å². The fourth-order valence-electron chi connectivity index (χ4n) is 6.29. The minimum Gasteiger partial charge on any atom is -0.508 e. The molecule has 8 nitrogen and oxygen atoms in total. The van der Waals surface area contributed by atoms with E-state index in [-0.39, 0.29) is 34.0 Å². The molecule has 0 radical (unpaired) electrons. The predicted octanol–water partition coefficient (Wildman–Crippen LogP) is 5.74. The minimum absolute atomic E-state index is 0.0451. The first-order valence-electron chi connectivity index (χ1n) is 14.2. The molecule has 0 bridgehead atoms. The molecule has 4 aromatic rings. The van der Waals surface area contributed by atoms with Crippen molar-refractivity contribution < 1.29 is 19.0 Å². The molecule has 10 heteroatoms. The molecule has 7 rings (SSSR count). The molecule has 1 aliphatic carbocycles. The molecule has 5 heterocycles. The molecular formula is C31H34FN5O3S. The summed E-state index contributed by atoms with van der Waals surface area (Å²) in [5, 5.41) is 12.9. The van der Waals surface area contributed by atoms with Crippen molar-refractivity contribution >= 4 is 28.1 Å². The lowest BCUT2D eigenvalue weighted by Crippen LogP contribution is -2.56. The van der Waals surface area contributed by atoms with Gasteiger partial charge >= 0.3 is 6.01 Å². The van der Waals surface area contributed by atoms with Crippen LogP contribution in [0.5, 0.6) is 11.8 Å². The van der Waals surface area contributed by atoms with Gasteiger partial charge in [-0.2, -0.15) is 9.97 Å². The third-order valence-electron chi connectivity index (χ3n) is 8.61. The number of aromatic nitrogens is 3. The second-order valence-corrected chi connectivity index (χ2v) is 13.0. The predicted molar refractivity (Wildman–Crippen MR) is 158 cm³/mol. The highest BCUT2D eigenvalue weighted by molar-refractivity contribution is 7.13. The average Bonchev–Trinajstić information content (AvgIpc) is 3.47. The summed E-state index contributed by atoms with van der Waals surface area (Å²) in [6, 6.07) is 9.07. The Morgan fingerprint density at radius 1 is 1.15 bits per heavy atom. The molecule has 3 fully saturated rings. The summed E-state index contributed by atoms with van der Waals surface area (Å²) in [4.78, 5) is 19.4. The Bertz CT molecular complexity index is 1590. The summed E-state index contributed by atoms with van der Waals surface area (Å²) >= 11 is 1.55. The number of hydrogen-bond donors (Lipinski definition) is 1. The van der Waals surface area contributed by atoms with Gasteiger partial charge in [-0.3, -0.25) is 4.98 Å². The number of hydrogen-bond acceptors (Lipinski definition) is 9. The SMILES string of the molecule is CN(C)CC1(COc2nc(N3CCC[C@]4(CCO4)C3)c3cnc(-c4cc(O)ccc4-c4cccs4)c(F)c3n2)CC1. The molecule has 1 aromatic carbocycles. The number of ether oxygens (including phenoxy) is 2. The number of aromatic hydroxyl groups is 1. The lowest BCUT2D eigenvalue weighted by molar-refractivity contribution is -0.151. The largest absolute Gasteiger partial charge is 0.508 e. The third-order valence-corrected chi connectivity index (χ3v) is 9.51. The van der Waals surface area contributed by atoms with Gasteiger partial charge in [-0.15, -0.1) is 11.3 Å². The second-order valence-electron chi connectivity index (χ2n) is 12.1. The van der Waals surface area contributed by atoms with Crippen LogP contribution in [0.15, 0.2) is 41.9 Å². The zero-order chi connectivity index (χ0) is 28.2. The van der Waals surface area contributed by atoms with Crippen LogP contribution in [-0.2, 0) is 4.74 Å². The number of anilines is 1. The molecule has 0 unspecified atom stereocenters. The van der Waals surface area contributed by atoms with E-state index >= 15 is 4.39 Å². The van der Waals surface area contributed by atoms with Crippen molar-refractivity contribution in [3.63, 3.8) is 0 Å². The maximum absolute atomic E-state index is 16.6. The first kappa shape index (κ1) is 26.6. The van der Waals surface area contributed by atoms with E-state index in [0.29, 0.717) is 29.9 Å². The Hall–Kier alpha value is -3.34. The Balaban J connectivity index is 1.33. The third kappa shape index (κ3) is 5.02. The van der Waals surface area contributed by atoms with E-state index in [0.717, 1.165) is 62.2 Å². The van der Waals surface area contributed by atoms with Crippen LogP contribution in [0.25, 0.3) is 32.6 Å². The van der Waals surface area contributed by atoms with Crippen molar-refractivity contribution in [2.75, 3.05) is 51.8 Å². The summed E-state index contributed by atoms with van der Waals surface area (Å²) in [6.07, 6.45) is 6.83. The summed E-state index contributed by atoms with van der Waals surface area (Å²) in [5.74, 6) is 0.119. The molecule has 1 N–H and O–H groups in total. The van der Waals surface area contributed by atoms with E-state index in [9.17, 15) is 5.11 Å². The molecule has 2 aliphatic heterocycles. The summed E-state index contributed by atoms with van der Waals surface area (Å²) in [6.45, 7) is 3.67. The highest BCUT2D eigenvalue weighted by atomic mass is 32.1. The van der Waals surface area contributed by atoms with Crippen LogP contribution in [0.1, 0.15) is 32.1 Å². The van der Waals surface area contributed by atoms with E-state index in [1.54, 1.807) is 35.7 Å². The minimum atomic E-state index is -0.555. The fraction of sp³-hybridized carbons (Fsp3) is 0.452. The fourth-order valence-corrected chi connectivity index (χ4v) is 7.06. The van der Waals surface area contributed by atoms with Crippen molar-refractivity contribution in [3.8, 4) is 33.5 Å². The standard InChI is InChI=1S/C31H34FN5O3S/c1-36(2)17-30(9-10-30)19-39-29-34-27-23(28(35-29)37-12-4-8-31(18-37)11-13-40-31)16-33-26(25(27)32)22-15-20(38)6-7-21(22)24-5-3-14-41-24/h3,5-7,14-16,38H,4,8-13,17-19H2,1-2H3/t31-/m0/s1. The van der Waals surface area contributed by atoms with Crippen LogP contribution >= 0.6 is 11.3 Å². The molecular weight excluding hydrogens is 541 g/mol. The van der Waals surface area contributed by atoms with Crippen molar-refractivity contribution in [2.24, 2.45) is 5.41 Å². The molecule has 3 aromatic heterocycles. The van der Waals surface area contributed by atoms with Crippen LogP contribution in [0, 0.1) is 11.2 Å². The zero-order valence-electron chi connectivity index (χ0n) is 23.4. The quantitative estimate of drug-likeness (QED) is 0.285. The van der Waals surface area contributed by atoms with Gasteiger partial charge in [0.05, 0.1) is 24.2 Å². The van der Waals surface area contributed by atoms with Crippen molar-refractivity contribution in [1.29, 1.82) is 0 Å². The normalized spacial score (nSPS) is 21.4. The Morgan fingerprint density at radius 3 is 2.71 bits per heavy atom. The van der Waals surface area contributed by atoms with Crippen LogP contribution in [-0.4, -0.2) is 77.5 Å². The van der Waals surface area contributed by atoms with Gasteiger partial charge in [0.2, 0.25) is 0 Å². The van der Waals surface area contributed by atoms with E-state index in [2.05, 4.69) is 33.9 Å². The summed E-state index contributed by atoms with van der Waals surface area (Å²) in [7, 11) is 4.13. The first-order valence-corrected chi connectivity index (χ1v) is 15.1. The number of rotatable bonds is 8. The lowest BCUT2D eigenvalue weighted by atomic mass is 9.86. The molecule has 3 aliphatic rings. The van der Waals surface area contributed by atoms with E-state index in [1.807, 2.05) is 17.5 Å². The summed E-state index contributed by atoms with van der Waals surface area (Å²) in [5.41, 5.74) is 1.53. The number of phenolic OH excluding ortho intramolecular Hbond substituents is 1. The number of halogens is 1. The van der Waals surface area contributed by atoms with E-state index in [4.69, 9.17) is 14.5 Å². The Labute approximate surface area is 242 Å². The Kier molecular flexibility index (Phi) is 6.59. The smallest absolute Gasteiger partial charge is 0.319 e. The van der Waals surface area contributed by atoms with Crippen molar-refractivity contribution in [2.45, 2.75) is 37.7 Å². The van der Waals surface area contributed by atoms with Gasteiger partial charge in [0.1, 0.15) is 22.8 Å². The highest BCUT2D eigenvalue weighted by Crippen LogP contribution is 2.46. The van der Waals surface area contributed by atoms with E-state index < -0.39 is 5.82 Å². The summed E-state index contributed by atoms with van der Waals surface area (Å²) < 4.78 is 28.8. The monoisotopic (exact) mass is 575 g/mol. The average molecular weight is 576 g/mol. The van der Waals surface area contributed by atoms with Gasteiger partial charge in [-0.1, -0.05) is 6.07 Å². The molecule has 2 saturated heterocycles. The number of pyridine rings is 1. The van der Waals surface area contributed by atoms with Gasteiger partial charge in [-0.25, -0.2) is 4.39 Å². The zero-order valence-corrected chi connectivity index (χ0v) is 24.2. The van der Waals surface area contributed by atoms with Gasteiger partial charge < -0.3 is 24.4 Å². The molecule has 214 valence electrons. The van der Waals surface area contributed by atoms with Gasteiger partial charge in [0.25, 0.3) is 0 Å². The van der Waals surface area contributed by atoms with Crippen molar-refractivity contribution in [1.82, 2.24) is 19.9 Å². The maximum atomic E-state index is 16.6. The van der Waals surface area contributed by atoms with Crippen molar-refractivity contribution in [3.05, 3.63) is 47.7 Å². The molecule has 1 saturated carbocycles. The number of benzene rings is 1. The highest BCUT2D eigenvalue weighted by Gasteiger charge is 2.45. The molecule has 1 atom stereocenters. The van der Waals surface area contributed by atoms with Crippen LogP contribution in [0.2, 0.25) is 0 Å². The van der Waals surface area contributed by atoms with E-state index in [1.165, 1.54) is 0 Å². The van der Waals surface area contributed by atoms with Gasteiger partial charge in [0, 0.05) is 53.7 Å². The lowest BCUT2D eigenvalue weighted by Gasteiger charge is -2.48. The second kappa shape index (κ2) is 10.2. The molecule has 41 heavy (non-hydrogen) atoms. The van der Waals surface area contributed by atoms with Crippen LogP contribution < -0.4 is 9.64 Å². The number of nitrogens with zero attached hydrogens (tertiary/aromatic N) is 5. The number of fused-ring (bicyclic) bond motifs is 1. The maximum Gasteiger partial charge on any atom is 0.319 e. The first-order chi connectivity index (χ1) is 19.8. The molecule has 0 amide bonds. The topological polar surface area (TPSA) is 83.8 Å². The number of piperidine rings is 1. The van der Waals surface area contributed by atoms with Gasteiger partial charge in [-0.05, 0) is 69.4 Å². The number of phenols is 1. The van der Waals surface area contributed by atoms with Gasteiger partial charge in [0.15, 0.2) is 5.82 Å². The Morgan fingerprint density at radius 2 is 2.00 bits per heavy atom. The number of thiophene rings is 1. The van der Waals surface area contributed by atoms with Crippen LogP contribution in [0.4, 0.5) is 10.2 Å². The molecule has 1 spiro atoms.